The van der Waals surface area contributed by atoms with Crippen molar-refractivity contribution in [2.24, 2.45) is 5.92 Å². The third-order valence-corrected chi connectivity index (χ3v) is 7.39. The van der Waals surface area contributed by atoms with Crippen LogP contribution in [0.4, 0.5) is 5.69 Å². The lowest BCUT2D eigenvalue weighted by Gasteiger charge is -2.32. The van der Waals surface area contributed by atoms with Crippen LogP contribution in [0, 0.1) is 5.92 Å². The number of rotatable bonds is 5. The van der Waals surface area contributed by atoms with Crippen molar-refractivity contribution in [3.63, 3.8) is 0 Å². The molecule has 36 heavy (non-hydrogen) atoms. The number of carbonyl (C=O) groups is 4. The quantitative estimate of drug-likeness (QED) is 0.602. The first kappa shape index (κ1) is 24.0. The SMILES string of the molecule is CCOC(=O)C1CCCN(C(=O)c2ccccc2CN2C(=O)C3CCCN3C(=O)c3ccccc32)C1. The predicted octanol–water partition coefficient (Wildman–Crippen LogP) is 3.25. The van der Waals surface area contributed by atoms with E-state index in [2.05, 4.69) is 0 Å². The van der Waals surface area contributed by atoms with Gasteiger partial charge in [-0.1, -0.05) is 30.3 Å². The number of fused-ring (bicyclic) bond motifs is 2. The molecular weight excluding hydrogens is 458 g/mol. The van der Waals surface area contributed by atoms with Gasteiger partial charge in [0.2, 0.25) is 5.91 Å². The Balaban J connectivity index is 1.44. The number of hydrogen-bond acceptors (Lipinski definition) is 5. The van der Waals surface area contributed by atoms with Gasteiger partial charge in [-0.2, -0.15) is 0 Å². The molecule has 2 saturated heterocycles. The molecule has 0 saturated carbocycles. The van der Waals surface area contributed by atoms with Gasteiger partial charge in [0.05, 0.1) is 30.3 Å². The highest BCUT2D eigenvalue weighted by Crippen LogP contribution is 2.34. The van der Waals surface area contributed by atoms with Crippen molar-refractivity contribution in [1.29, 1.82) is 0 Å². The summed E-state index contributed by atoms with van der Waals surface area (Å²) in [6.45, 7) is 3.75. The number of hydrogen-bond donors (Lipinski definition) is 0. The summed E-state index contributed by atoms with van der Waals surface area (Å²) in [4.78, 5) is 57.9. The molecule has 2 fully saturated rings. The normalized spacial score (nSPS) is 21.6. The number of carbonyl (C=O) groups excluding carboxylic acids is 4. The molecular formula is C28H31N3O5. The van der Waals surface area contributed by atoms with Gasteiger partial charge in [-0.15, -0.1) is 0 Å². The number of nitrogens with zero attached hydrogens (tertiary/aromatic N) is 3. The summed E-state index contributed by atoms with van der Waals surface area (Å²) in [6.07, 6.45) is 2.87. The van der Waals surface area contributed by atoms with E-state index in [1.165, 1.54) is 0 Å². The highest BCUT2D eigenvalue weighted by molar-refractivity contribution is 6.11. The van der Waals surface area contributed by atoms with Crippen LogP contribution in [0.3, 0.4) is 0 Å². The molecule has 0 bridgehead atoms. The standard InChI is InChI=1S/C28H31N3O5/c1-2-36-28(35)20-10-7-15-29(17-20)25(32)21-11-4-3-9-19(21)18-31-23-13-6-5-12-22(23)26(33)30-16-8-14-24(30)27(31)34/h3-6,9,11-13,20,24H,2,7-8,10,14-18H2,1H3. The zero-order chi connectivity index (χ0) is 25.2. The predicted molar refractivity (Wildman–Crippen MR) is 133 cm³/mol. The van der Waals surface area contributed by atoms with E-state index < -0.39 is 6.04 Å². The highest BCUT2D eigenvalue weighted by Gasteiger charge is 2.42. The first-order valence-electron chi connectivity index (χ1n) is 12.7. The van der Waals surface area contributed by atoms with Gasteiger partial charge in [0.15, 0.2) is 0 Å². The average Bonchev–Trinajstić information content (AvgIpc) is 3.38. The second kappa shape index (κ2) is 10.1. The summed E-state index contributed by atoms with van der Waals surface area (Å²) in [5, 5.41) is 0. The van der Waals surface area contributed by atoms with Gasteiger partial charge < -0.3 is 19.4 Å². The van der Waals surface area contributed by atoms with Crippen LogP contribution in [0.1, 0.15) is 58.9 Å². The van der Waals surface area contributed by atoms with E-state index in [0.717, 1.165) is 12.8 Å². The molecule has 8 nitrogen and oxygen atoms in total. The Hall–Kier alpha value is -3.68. The van der Waals surface area contributed by atoms with Crippen LogP contribution in [0.25, 0.3) is 0 Å². The molecule has 3 heterocycles. The molecule has 2 atom stereocenters. The Kier molecular flexibility index (Phi) is 6.76. The van der Waals surface area contributed by atoms with E-state index in [9.17, 15) is 19.2 Å². The second-order valence-corrected chi connectivity index (χ2v) is 9.60. The summed E-state index contributed by atoms with van der Waals surface area (Å²) < 4.78 is 5.19. The number of likely N-dealkylation sites (tertiary alicyclic amines) is 1. The summed E-state index contributed by atoms with van der Waals surface area (Å²) in [7, 11) is 0. The Morgan fingerprint density at radius 1 is 0.972 bits per heavy atom. The van der Waals surface area contributed by atoms with E-state index in [-0.39, 0.29) is 36.2 Å². The highest BCUT2D eigenvalue weighted by atomic mass is 16.5. The monoisotopic (exact) mass is 489 g/mol. The number of anilines is 1. The van der Waals surface area contributed by atoms with Crippen molar-refractivity contribution in [2.75, 3.05) is 31.1 Å². The third kappa shape index (κ3) is 4.36. The minimum Gasteiger partial charge on any atom is -0.466 e. The topological polar surface area (TPSA) is 87.2 Å². The molecule has 2 aromatic carbocycles. The van der Waals surface area contributed by atoms with Gasteiger partial charge in [-0.05, 0) is 56.4 Å². The number of para-hydroxylation sites is 1. The summed E-state index contributed by atoms with van der Waals surface area (Å²) >= 11 is 0. The van der Waals surface area contributed by atoms with Crippen LogP contribution < -0.4 is 4.90 Å². The molecule has 2 aromatic rings. The van der Waals surface area contributed by atoms with Gasteiger partial charge in [0.1, 0.15) is 6.04 Å². The zero-order valence-electron chi connectivity index (χ0n) is 20.5. The number of piperidine rings is 1. The van der Waals surface area contributed by atoms with Gasteiger partial charge in [0.25, 0.3) is 11.8 Å². The van der Waals surface area contributed by atoms with Gasteiger partial charge in [-0.3, -0.25) is 19.2 Å². The maximum absolute atomic E-state index is 13.7. The van der Waals surface area contributed by atoms with Crippen molar-refractivity contribution in [3.8, 4) is 0 Å². The fourth-order valence-corrected chi connectivity index (χ4v) is 5.59. The van der Waals surface area contributed by atoms with E-state index in [1.54, 1.807) is 39.8 Å². The molecule has 5 rings (SSSR count). The minimum absolute atomic E-state index is 0.117. The van der Waals surface area contributed by atoms with Gasteiger partial charge in [0, 0.05) is 25.2 Å². The molecule has 0 aliphatic carbocycles. The number of esters is 1. The number of amides is 3. The second-order valence-electron chi connectivity index (χ2n) is 9.60. The fourth-order valence-electron chi connectivity index (χ4n) is 5.59. The molecule has 3 amide bonds. The Labute approximate surface area is 210 Å². The van der Waals surface area contributed by atoms with Gasteiger partial charge in [-0.25, -0.2) is 0 Å². The van der Waals surface area contributed by atoms with Crippen LogP contribution in [-0.4, -0.2) is 65.8 Å². The number of benzene rings is 2. The molecule has 0 N–H and O–H groups in total. The smallest absolute Gasteiger partial charge is 0.310 e. The first-order valence-corrected chi connectivity index (χ1v) is 12.7. The van der Waals surface area contributed by atoms with Gasteiger partial charge >= 0.3 is 5.97 Å². The maximum Gasteiger partial charge on any atom is 0.310 e. The summed E-state index contributed by atoms with van der Waals surface area (Å²) in [5.41, 5.74) is 2.30. The molecule has 0 aromatic heterocycles. The van der Waals surface area contributed by atoms with Crippen LogP contribution in [0.15, 0.2) is 48.5 Å². The Morgan fingerprint density at radius 3 is 2.56 bits per heavy atom. The zero-order valence-corrected chi connectivity index (χ0v) is 20.5. The Bertz CT molecular complexity index is 1200. The lowest BCUT2D eigenvalue weighted by molar-refractivity contribution is -0.149. The lowest BCUT2D eigenvalue weighted by Crippen LogP contribution is -2.45. The third-order valence-electron chi connectivity index (χ3n) is 7.39. The molecule has 2 unspecified atom stereocenters. The molecule has 0 spiro atoms. The minimum atomic E-state index is -0.486. The lowest BCUT2D eigenvalue weighted by atomic mass is 9.96. The molecule has 0 radical (unpaired) electrons. The van der Waals surface area contributed by atoms with Crippen LogP contribution in [-0.2, 0) is 20.9 Å². The van der Waals surface area contributed by atoms with Crippen molar-refractivity contribution < 1.29 is 23.9 Å². The van der Waals surface area contributed by atoms with Crippen molar-refractivity contribution in [3.05, 3.63) is 65.2 Å². The molecule has 8 heteroatoms. The van der Waals surface area contributed by atoms with E-state index in [0.29, 0.717) is 61.5 Å². The molecule has 3 aliphatic heterocycles. The summed E-state index contributed by atoms with van der Waals surface area (Å²) in [6, 6.07) is 14.0. The van der Waals surface area contributed by atoms with Crippen LogP contribution in [0.5, 0.6) is 0 Å². The fraction of sp³-hybridized carbons (Fsp3) is 0.429. The maximum atomic E-state index is 13.7. The van der Waals surface area contributed by atoms with Crippen molar-refractivity contribution >= 4 is 29.4 Å². The van der Waals surface area contributed by atoms with Crippen LogP contribution >= 0.6 is 0 Å². The van der Waals surface area contributed by atoms with Crippen molar-refractivity contribution in [1.82, 2.24) is 9.80 Å². The molecule has 3 aliphatic rings. The van der Waals surface area contributed by atoms with E-state index in [1.807, 2.05) is 30.3 Å². The average molecular weight is 490 g/mol. The summed E-state index contributed by atoms with van der Waals surface area (Å²) in [5.74, 6) is -0.983. The molecule has 188 valence electrons. The first-order chi connectivity index (χ1) is 17.5. The van der Waals surface area contributed by atoms with E-state index in [4.69, 9.17) is 4.74 Å². The van der Waals surface area contributed by atoms with Crippen molar-refractivity contribution in [2.45, 2.75) is 45.2 Å². The van der Waals surface area contributed by atoms with E-state index >= 15 is 0 Å². The number of ether oxygens (including phenoxy) is 1. The largest absolute Gasteiger partial charge is 0.466 e. The van der Waals surface area contributed by atoms with Crippen LogP contribution in [0.2, 0.25) is 0 Å². The Morgan fingerprint density at radius 2 is 1.72 bits per heavy atom.